The molecule has 3 N–H and O–H groups in total. The number of hydrogen-bond donors (Lipinski definition) is 3. The quantitative estimate of drug-likeness (QED) is 0.638. The molecular weight excluding hydrogens is 437 g/mol. The summed E-state index contributed by atoms with van der Waals surface area (Å²) in [5.74, 6) is -0.335. The summed E-state index contributed by atoms with van der Waals surface area (Å²) in [6, 6.07) is 3.96. The SMILES string of the molecule is Cc1cc(NC(=O)N2Cc3c(N4CC(S(C)(C)(=O)O)CC4O)cnn3C[C@@H]2C)ccc1F. The number of aryl methyl sites for hydroxylation is 1. The minimum atomic E-state index is -3.84. The van der Waals surface area contributed by atoms with Crippen molar-refractivity contribution in [1.29, 1.82) is 0 Å². The predicted octanol–water partition coefficient (Wildman–Crippen LogP) is 2.22. The van der Waals surface area contributed by atoms with Crippen molar-refractivity contribution in [3.05, 3.63) is 41.5 Å². The average Bonchev–Trinajstić information content (AvgIpc) is 3.26. The second-order valence-corrected chi connectivity index (χ2v) is 13.7. The van der Waals surface area contributed by atoms with Crippen LogP contribution >= 0.6 is 0 Å². The number of benzene rings is 1. The van der Waals surface area contributed by atoms with Gasteiger partial charge in [0.15, 0.2) is 0 Å². The van der Waals surface area contributed by atoms with E-state index in [1.54, 1.807) is 33.7 Å². The third-order valence-electron chi connectivity index (χ3n) is 6.38. The van der Waals surface area contributed by atoms with Crippen molar-refractivity contribution in [2.45, 2.75) is 50.9 Å². The minimum Gasteiger partial charge on any atom is -0.374 e. The van der Waals surface area contributed by atoms with Gasteiger partial charge in [-0.2, -0.15) is 14.4 Å². The van der Waals surface area contributed by atoms with Crippen LogP contribution in [0.5, 0.6) is 0 Å². The van der Waals surface area contributed by atoms with Crippen LogP contribution in [0.4, 0.5) is 20.6 Å². The number of aliphatic hydroxyl groups excluding tert-OH is 1. The Bertz CT molecular complexity index is 1120. The first-order valence-corrected chi connectivity index (χ1v) is 13.3. The lowest BCUT2D eigenvalue weighted by molar-refractivity contribution is 0.160. The van der Waals surface area contributed by atoms with Gasteiger partial charge in [-0.1, -0.05) is 0 Å². The first-order valence-electron chi connectivity index (χ1n) is 10.5. The van der Waals surface area contributed by atoms with Crippen molar-refractivity contribution in [3.63, 3.8) is 0 Å². The Morgan fingerprint density at radius 1 is 1.31 bits per heavy atom. The zero-order valence-electron chi connectivity index (χ0n) is 18.7. The molecule has 1 fully saturated rings. The molecule has 0 radical (unpaired) electrons. The number of nitrogens with zero attached hydrogens (tertiary/aromatic N) is 4. The topological polar surface area (TPSA) is 111 Å². The van der Waals surface area contributed by atoms with Crippen LogP contribution in [0.1, 0.15) is 24.6 Å². The molecule has 176 valence electrons. The highest BCUT2D eigenvalue weighted by molar-refractivity contribution is 8.14. The Kier molecular flexibility index (Phi) is 5.34. The summed E-state index contributed by atoms with van der Waals surface area (Å²) < 4.78 is 38.4. The molecule has 2 aromatic rings. The molecule has 1 saturated heterocycles. The molecule has 1 aromatic heterocycles. The molecule has 2 unspecified atom stereocenters. The summed E-state index contributed by atoms with van der Waals surface area (Å²) in [5.41, 5.74) is 2.35. The number of fused-ring (bicyclic) bond motifs is 1. The molecule has 2 aliphatic rings. The van der Waals surface area contributed by atoms with E-state index in [2.05, 4.69) is 10.4 Å². The predicted molar refractivity (Wildman–Crippen MR) is 122 cm³/mol. The van der Waals surface area contributed by atoms with Crippen molar-refractivity contribution in [2.75, 3.05) is 29.3 Å². The Labute approximate surface area is 186 Å². The maximum atomic E-state index is 13.5. The molecule has 2 aliphatic heterocycles. The maximum absolute atomic E-state index is 13.5. The molecule has 11 heteroatoms. The number of halogens is 1. The Morgan fingerprint density at radius 2 is 2.03 bits per heavy atom. The van der Waals surface area contributed by atoms with Crippen LogP contribution in [0.2, 0.25) is 0 Å². The molecule has 4 rings (SSSR count). The zero-order chi connectivity index (χ0) is 23.4. The number of rotatable bonds is 3. The van der Waals surface area contributed by atoms with E-state index >= 15 is 0 Å². The van der Waals surface area contributed by atoms with Gasteiger partial charge < -0.3 is 24.8 Å². The highest BCUT2D eigenvalue weighted by atomic mass is 32.3. The Balaban J connectivity index is 1.55. The van der Waals surface area contributed by atoms with E-state index in [4.69, 9.17) is 0 Å². The van der Waals surface area contributed by atoms with Gasteiger partial charge in [-0.25, -0.2) is 13.4 Å². The number of nitrogens with one attached hydrogen (secondary N) is 1. The number of amides is 2. The summed E-state index contributed by atoms with van der Waals surface area (Å²) in [4.78, 5) is 16.3. The van der Waals surface area contributed by atoms with E-state index in [0.717, 1.165) is 5.69 Å². The lowest BCUT2D eigenvalue weighted by Gasteiger charge is -2.40. The summed E-state index contributed by atoms with van der Waals surface area (Å²) in [5, 5.41) is 17.3. The van der Waals surface area contributed by atoms with Gasteiger partial charge in [0.1, 0.15) is 12.0 Å². The summed E-state index contributed by atoms with van der Waals surface area (Å²) in [6.45, 7) is 4.51. The van der Waals surface area contributed by atoms with E-state index < -0.39 is 20.8 Å². The van der Waals surface area contributed by atoms with Crippen molar-refractivity contribution in [2.24, 2.45) is 0 Å². The average molecular weight is 468 g/mol. The fourth-order valence-electron chi connectivity index (χ4n) is 4.34. The number of carbonyl (C=O) groups excluding carboxylic acids is 1. The number of carbonyl (C=O) groups is 1. The number of aliphatic hydroxyl groups is 1. The van der Waals surface area contributed by atoms with Crippen LogP contribution < -0.4 is 10.2 Å². The van der Waals surface area contributed by atoms with Crippen LogP contribution in [0, 0.1) is 12.7 Å². The second-order valence-electron chi connectivity index (χ2n) is 9.37. The molecule has 32 heavy (non-hydrogen) atoms. The highest BCUT2D eigenvalue weighted by Crippen LogP contribution is 2.37. The molecular formula is C21H30FN5O4S. The van der Waals surface area contributed by atoms with Gasteiger partial charge in [-0.3, -0.25) is 4.68 Å². The lowest BCUT2D eigenvalue weighted by Crippen LogP contribution is -2.47. The van der Waals surface area contributed by atoms with Gasteiger partial charge in [-0.15, -0.1) is 0 Å². The molecule has 2 amide bonds. The lowest BCUT2D eigenvalue weighted by atomic mass is 10.2. The Hall–Kier alpha value is -2.50. The highest BCUT2D eigenvalue weighted by Gasteiger charge is 2.42. The van der Waals surface area contributed by atoms with E-state index in [1.807, 2.05) is 6.92 Å². The standard InChI is InChI=1S/C21H30FN5O4S/c1-13-7-15(5-6-17(13)22)24-21(29)25-12-19-18(9-23-27(19)10-14(25)2)26-11-16(8-20(26)28)32(3,4,30)31/h5-7,9,14,16,20,28H,8,10-12H2,1-4H3,(H,24,29)(H,30,31)/t14-,16?,20?/m0/s1. The molecule has 3 atom stereocenters. The Morgan fingerprint density at radius 3 is 2.66 bits per heavy atom. The van der Waals surface area contributed by atoms with Crippen molar-refractivity contribution < 1.29 is 23.1 Å². The first-order chi connectivity index (χ1) is 14.8. The van der Waals surface area contributed by atoms with Gasteiger partial charge in [0.2, 0.25) is 0 Å². The fourth-order valence-corrected chi connectivity index (χ4v) is 5.65. The molecule has 0 bridgehead atoms. The molecule has 1 aromatic carbocycles. The van der Waals surface area contributed by atoms with E-state index in [1.165, 1.54) is 24.6 Å². The van der Waals surface area contributed by atoms with Gasteiger partial charge >= 0.3 is 6.03 Å². The minimum absolute atomic E-state index is 0.139. The maximum Gasteiger partial charge on any atom is 0.322 e. The molecule has 3 heterocycles. The van der Waals surface area contributed by atoms with E-state index in [0.29, 0.717) is 23.5 Å². The number of anilines is 2. The van der Waals surface area contributed by atoms with Crippen molar-refractivity contribution in [3.8, 4) is 0 Å². The first kappa shape index (κ1) is 22.7. The zero-order valence-corrected chi connectivity index (χ0v) is 19.5. The summed E-state index contributed by atoms with van der Waals surface area (Å²) >= 11 is 0. The summed E-state index contributed by atoms with van der Waals surface area (Å²) in [7, 11) is -3.84. The van der Waals surface area contributed by atoms with E-state index in [9.17, 15) is 23.1 Å². The van der Waals surface area contributed by atoms with Crippen molar-refractivity contribution in [1.82, 2.24) is 14.7 Å². The third-order valence-corrected chi connectivity index (χ3v) is 8.63. The van der Waals surface area contributed by atoms with Gasteiger partial charge in [-0.05, 0) is 37.6 Å². The molecule has 9 nitrogen and oxygen atoms in total. The van der Waals surface area contributed by atoms with Crippen LogP contribution in [0.3, 0.4) is 0 Å². The fraction of sp³-hybridized carbons (Fsp3) is 0.524. The second kappa shape index (κ2) is 7.53. The van der Waals surface area contributed by atoms with Crippen LogP contribution in [-0.2, 0) is 22.4 Å². The van der Waals surface area contributed by atoms with Crippen LogP contribution in [-0.4, -0.2) is 71.2 Å². The van der Waals surface area contributed by atoms with Crippen molar-refractivity contribution >= 4 is 26.8 Å². The number of aromatic nitrogens is 2. The van der Waals surface area contributed by atoms with Crippen LogP contribution in [0.25, 0.3) is 0 Å². The molecule has 0 spiro atoms. The third kappa shape index (κ3) is 4.24. The smallest absolute Gasteiger partial charge is 0.322 e. The van der Waals surface area contributed by atoms with Gasteiger partial charge in [0, 0.05) is 31.2 Å². The van der Waals surface area contributed by atoms with E-state index in [-0.39, 0.29) is 37.4 Å². The molecule has 0 saturated carbocycles. The van der Waals surface area contributed by atoms with Gasteiger partial charge in [0.05, 0.1) is 42.0 Å². The largest absolute Gasteiger partial charge is 0.374 e. The summed E-state index contributed by atoms with van der Waals surface area (Å²) in [6.07, 6.45) is 3.57. The normalized spacial score (nSPS) is 24.7. The monoisotopic (exact) mass is 467 g/mol. The van der Waals surface area contributed by atoms with Gasteiger partial charge in [0.25, 0.3) is 0 Å². The molecule has 0 aliphatic carbocycles. The van der Waals surface area contributed by atoms with Crippen LogP contribution in [0.15, 0.2) is 24.4 Å². The number of urea groups is 1. The number of hydrogen-bond acceptors (Lipinski definition) is 5.